The van der Waals surface area contributed by atoms with Crippen molar-refractivity contribution in [3.63, 3.8) is 0 Å². The summed E-state index contributed by atoms with van der Waals surface area (Å²) in [5, 5.41) is 13.6. The lowest BCUT2D eigenvalue weighted by Crippen LogP contribution is -2.44. The molecule has 98 valence electrons. The van der Waals surface area contributed by atoms with Gasteiger partial charge >= 0.3 is 12.0 Å². The fourth-order valence-electron chi connectivity index (χ4n) is 2.20. The number of carbonyl (C=O) groups excluding carboxylic acids is 1. The van der Waals surface area contributed by atoms with Gasteiger partial charge < -0.3 is 15.7 Å². The van der Waals surface area contributed by atoms with Crippen LogP contribution in [0.4, 0.5) is 4.79 Å². The first-order valence-electron chi connectivity index (χ1n) is 6.36. The average Bonchev–Trinajstić information content (AvgIpc) is 2.77. The Labute approximate surface area is 102 Å². The number of nitrogens with one attached hydrogen (secondary N) is 2. The molecule has 5 heteroatoms. The Balaban J connectivity index is 2.01. The minimum Gasteiger partial charge on any atom is -0.480 e. The second-order valence-electron chi connectivity index (χ2n) is 4.75. The summed E-state index contributed by atoms with van der Waals surface area (Å²) >= 11 is 0. The Bertz CT molecular complexity index is 262. The summed E-state index contributed by atoms with van der Waals surface area (Å²) in [7, 11) is 0. The number of carboxylic acids is 1. The maximum Gasteiger partial charge on any atom is 0.325 e. The molecule has 1 aliphatic rings. The molecule has 0 unspecified atom stereocenters. The Morgan fingerprint density at radius 3 is 2.59 bits per heavy atom. The summed E-state index contributed by atoms with van der Waals surface area (Å²) in [5.74, 6) is -0.191. The molecule has 0 aromatic carbocycles. The van der Waals surface area contributed by atoms with Crippen molar-refractivity contribution in [3.05, 3.63) is 0 Å². The van der Waals surface area contributed by atoms with E-state index in [1.165, 1.54) is 32.6 Å². The zero-order valence-corrected chi connectivity index (χ0v) is 10.4. The van der Waals surface area contributed by atoms with E-state index < -0.39 is 18.0 Å². The van der Waals surface area contributed by atoms with Crippen molar-refractivity contribution in [1.82, 2.24) is 10.6 Å². The molecule has 5 nitrogen and oxygen atoms in total. The first-order valence-corrected chi connectivity index (χ1v) is 6.36. The van der Waals surface area contributed by atoms with Crippen LogP contribution in [0.3, 0.4) is 0 Å². The average molecular weight is 242 g/mol. The van der Waals surface area contributed by atoms with Gasteiger partial charge in [-0.05, 0) is 25.7 Å². The van der Waals surface area contributed by atoms with E-state index in [0.717, 1.165) is 18.8 Å². The molecule has 0 aliphatic heterocycles. The molecule has 1 aliphatic carbocycles. The maximum atomic E-state index is 11.3. The minimum absolute atomic E-state index is 0.397. The lowest BCUT2D eigenvalue weighted by molar-refractivity contribution is -0.138. The van der Waals surface area contributed by atoms with Crippen LogP contribution < -0.4 is 10.6 Å². The predicted molar refractivity (Wildman–Crippen MR) is 64.8 cm³/mol. The van der Waals surface area contributed by atoms with E-state index in [4.69, 9.17) is 5.11 Å². The summed E-state index contributed by atoms with van der Waals surface area (Å²) in [6, 6.07) is -1.24. The van der Waals surface area contributed by atoms with Crippen LogP contribution in [0.5, 0.6) is 0 Å². The van der Waals surface area contributed by atoms with Crippen molar-refractivity contribution < 1.29 is 14.7 Å². The highest BCUT2D eigenvalue weighted by molar-refractivity contribution is 5.82. The number of hydrogen-bond donors (Lipinski definition) is 3. The summed E-state index contributed by atoms with van der Waals surface area (Å²) in [6.45, 7) is 2.06. The van der Waals surface area contributed by atoms with Gasteiger partial charge in [0.1, 0.15) is 6.04 Å². The number of aliphatic carboxylic acids is 1. The Hall–Kier alpha value is -1.26. The number of carbonyl (C=O) groups is 2. The standard InChI is InChI=1S/C12H22N2O3/c1-9(11(15)16)14-12(17)13-8-4-7-10-5-2-3-6-10/h9-10H,2-8H2,1H3,(H,15,16)(H2,13,14,17)/t9-/m1/s1. The van der Waals surface area contributed by atoms with Crippen LogP contribution in [0.25, 0.3) is 0 Å². The van der Waals surface area contributed by atoms with Gasteiger partial charge in [-0.1, -0.05) is 25.7 Å². The highest BCUT2D eigenvalue weighted by Gasteiger charge is 2.15. The van der Waals surface area contributed by atoms with Crippen LogP contribution in [0.2, 0.25) is 0 Å². The van der Waals surface area contributed by atoms with Crippen LogP contribution in [0, 0.1) is 5.92 Å². The molecular weight excluding hydrogens is 220 g/mol. The normalized spacial score (nSPS) is 17.7. The van der Waals surface area contributed by atoms with Gasteiger partial charge in [0.25, 0.3) is 0 Å². The summed E-state index contributed by atoms with van der Waals surface area (Å²) in [4.78, 5) is 21.8. The molecule has 17 heavy (non-hydrogen) atoms. The quantitative estimate of drug-likeness (QED) is 0.621. The maximum absolute atomic E-state index is 11.3. The predicted octanol–water partition coefficient (Wildman–Crippen LogP) is 1.73. The van der Waals surface area contributed by atoms with Gasteiger partial charge in [-0.3, -0.25) is 4.79 Å². The minimum atomic E-state index is -1.02. The summed E-state index contributed by atoms with van der Waals surface area (Å²) < 4.78 is 0. The zero-order valence-electron chi connectivity index (χ0n) is 10.4. The number of urea groups is 1. The molecule has 0 saturated heterocycles. The van der Waals surface area contributed by atoms with Gasteiger partial charge in [0.05, 0.1) is 0 Å². The van der Waals surface area contributed by atoms with E-state index in [-0.39, 0.29) is 0 Å². The largest absolute Gasteiger partial charge is 0.480 e. The van der Waals surface area contributed by atoms with Gasteiger partial charge in [-0.25, -0.2) is 4.79 Å². The first-order chi connectivity index (χ1) is 8.09. The van der Waals surface area contributed by atoms with E-state index >= 15 is 0 Å². The zero-order chi connectivity index (χ0) is 12.7. The number of rotatable bonds is 6. The van der Waals surface area contributed by atoms with E-state index in [1.54, 1.807) is 0 Å². The van der Waals surface area contributed by atoms with Crippen molar-refractivity contribution in [3.8, 4) is 0 Å². The van der Waals surface area contributed by atoms with Crippen LogP contribution in [0.15, 0.2) is 0 Å². The smallest absolute Gasteiger partial charge is 0.325 e. The highest BCUT2D eigenvalue weighted by Crippen LogP contribution is 2.28. The third-order valence-corrected chi connectivity index (χ3v) is 3.27. The van der Waals surface area contributed by atoms with Gasteiger partial charge in [-0.2, -0.15) is 0 Å². The number of amides is 2. The molecular formula is C12H22N2O3. The van der Waals surface area contributed by atoms with Crippen LogP contribution in [-0.4, -0.2) is 29.7 Å². The summed E-state index contributed by atoms with van der Waals surface area (Å²) in [6.07, 6.45) is 7.46. The fraction of sp³-hybridized carbons (Fsp3) is 0.833. The SMILES string of the molecule is C[C@@H](NC(=O)NCCCC1CCCC1)C(=O)O. The van der Waals surface area contributed by atoms with Crippen LogP contribution in [0.1, 0.15) is 45.4 Å². The van der Waals surface area contributed by atoms with Crippen molar-refractivity contribution in [2.75, 3.05) is 6.54 Å². The topological polar surface area (TPSA) is 78.4 Å². The van der Waals surface area contributed by atoms with E-state index in [0.29, 0.717) is 6.54 Å². The number of hydrogen-bond acceptors (Lipinski definition) is 2. The van der Waals surface area contributed by atoms with E-state index in [2.05, 4.69) is 10.6 Å². The van der Waals surface area contributed by atoms with Gasteiger partial charge in [-0.15, -0.1) is 0 Å². The van der Waals surface area contributed by atoms with Gasteiger partial charge in [0, 0.05) is 6.54 Å². The van der Waals surface area contributed by atoms with Crippen molar-refractivity contribution in [1.29, 1.82) is 0 Å². The lowest BCUT2D eigenvalue weighted by atomic mass is 10.0. The van der Waals surface area contributed by atoms with Crippen molar-refractivity contribution >= 4 is 12.0 Å². The van der Waals surface area contributed by atoms with Crippen molar-refractivity contribution in [2.45, 2.75) is 51.5 Å². The molecule has 0 radical (unpaired) electrons. The molecule has 2 amide bonds. The third kappa shape index (κ3) is 5.56. The van der Waals surface area contributed by atoms with Crippen LogP contribution >= 0.6 is 0 Å². The Morgan fingerprint density at radius 2 is 2.00 bits per heavy atom. The molecule has 1 saturated carbocycles. The lowest BCUT2D eigenvalue weighted by Gasteiger charge is -2.12. The van der Waals surface area contributed by atoms with Crippen molar-refractivity contribution in [2.24, 2.45) is 5.92 Å². The fourth-order valence-corrected chi connectivity index (χ4v) is 2.20. The third-order valence-electron chi connectivity index (χ3n) is 3.27. The van der Waals surface area contributed by atoms with E-state index in [1.807, 2.05) is 0 Å². The summed E-state index contributed by atoms with van der Waals surface area (Å²) in [5.41, 5.74) is 0. The molecule has 0 aromatic heterocycles. The molecule has 0 spiro atoms. The molecule has 0 aromatic rings. The molecule has 3 N–H and O–H groups in total. The van der Waals surface area contributed by atoms with Gasteiger partial charge in [0.15, 0.2) is 0 Å². The Kier molecular flexibility index (Phi) is 5.80. The molecule has 0 heterocycles. The highest BCUT2D eigenvalue weighted by atomic mass is 16.4. The first kappa shape index (κ1) is 13.8. The number of carboxylic acid groups (broad SMARTS) is 1. The van der Waals surface area contributed by atoms with Crippen LogP contribution in [-0.2, 0) is 4.79 Å². The second-order valence-corrected chi connectivity index (χ2v) is 4.75. The molecule has 1 atom stereocenters. The molecule has 0 bridgehead atoms. The van der Waals surface area contributed by atoms with E-state index in [9.17, 15) is 9.59 Å². The molecule has 1 rings (SSSR count). The Morgan fingerprint density at radius 1 is 1.35 bits per heavy atom. The monoisotopic (exact) mass is 242 g/mol. The van der Waals surface area contributed by atoms with Gasteiger partial charge in [0.2, 0.25) is 0 Å². The second kappa shape index (κ2) is 7.14. The molecule has 1 fully saturated rings.